The number of carbonyl (C=O) groups excluding carboxylic acids is 2. The molecule has 230 valence electrons. The van der Waals surface area contributed by atoms with Crippen LogP contribution in [0.4, 0.5) is 0 Å². The van der Waals surface area contributed by atoms with Crippen LogP contribution in [0.25, 0.3) is 0 Å². The Balaban J connectivity index is 1.45. The molecule has 0 aromatic carbocycles. The molecule has 2 saturated heterocycles. The summed E-state index contributed by atoms with van der Waals surface area (Å²) in [5, 5.41) is 14.0. The van der Waals surface area contributed by atoms with Crippen molar-refractivity contribution < 1.29 is 28.5 Å². The molecular formula is C32H46N4O6. The molecule has 0 aliphatic carbocycles. The molecule has 10 heteroatoms. The number of rotatable bonds is 7. The van der Waals surface area contributed by atoms with Crippen molar-refractivity contribution in [2.24, 2.45) is 11.8 Å². The molecule has 0 radical (unpaired) electrons. The second-order valence-corrected chi connectivity index (χ2v) is 11.8. The number of hydrogen-bond acceptors (Lipinski definition) is 9. The highest BCUT2D eigenvalue weighted by molar-refractivity contribution is 5.82. The first-order valence-electron chi connectivity index (χ1n) is 15.4. The maximum absolute atomic E-state index is 13.2. The number of cyclic esters (lactones) is 1. The molecule has 0 saturated carbocycles. The zero-order valence-electron chi connectivity index (χ0n) is 25.2. The monoisotopic (exact) mass is 582 g/mol. The van der Waals surface area contributed by atoms with E-state index in [0.29, 0.717) is 24.6 Å². The highest BCUT2D eigenvalue weighted by Crippen LogP contribution is 2.33. The van der Waals surface area contributed by atoms with E-state index >= 15 is 0 Å². The summed E-state index contributed by atoms with van der Waals surface area (Å²) in [4.78, 5) is 25.2. The van der Waals surface area contributed by atoms with Crippen molar-refractivity contribution in [3.05, 3.63) is 53.9 Å². The van der Waals surface area contributed by atoms with E-state index in [9.17, 15) is 9.59 Å². The lowest BCUT2D eigenvalue weighted by Crippen LogP contribution is -2.37. The first kappa shape index (κ1) is 31.8. The first-order valence-corrected chi connectivity index (χ1v) is 15.4. The van der Waals surface area contributed by atoms with E-state index in [4.69, 9.17) is 18.9 Å². The number of tetrazole rings is 1. The summed E-state index contributed by atoms with van der Waals surface area (Å²) in [6.45, 7) is 4.28. The molecule has 3 aliphatic rings. The van der Waals surface area contributed by atoms with E-state index in [1.54, 1.807) is 6.08 Å². The van der Waals surface area contributed by atoms with Crippen molar-refractivity contribution in [1.29, 1.82) is 0 Å². The van der Waals surface area contributed by atoms with Crippen LogP contribution in [0.2, 0.25) is 0 Å². The normalized spacial score (nSPS) is 33.1. The Bertz CT molecular complexity index is 1110. The second-order valence-electron chi connectivity index (χ2n) is 11.8. The second kappa shape index (κ2) is 16.5. The highest BCUT2D eigenvalue weighted by atomic mass is 16.6. The van der Waals surface area contributed by atoms with Gasteiger partial charge in [0.05, 0.1) is 37.9 Å². The third-order valence-electron chi connectivity index (χ3n) is 8.12. The van der Waals surface area contributed by atoms with Gasteiger partial charge in [-0.05, 0) is 63.4 Å². The third kappa shape index (κ3) is 10.6. The standard InChI is InChI=1S/C32H46N4O6/c1-22-14-15-23(2)29(12-7-5-4-6-8-13-30-33-35-36-34-30)42-32(38)21-28-18-24(19-31(37)39-3)17-27(41-28)20-26-11-9-10-25(16-22)40-26/h4-5,7,12,14-15,19,22-23,25-29H,6,8-11,13,16-18,20-21H2,1-3H3,(H,33,34,35,36)/b5-4-,12-7+,15-14+,24-19-. The van der Waals surface area contributed by atoms with Crippen LogP contribution in [-0.4, -0.2) is 70.2 Å². The largest absolute Gasteiger partial charge is 0.466 e. The molecule has 4 rings (SSSR count). The number of aryl methyl sites for hydroxylation is 1. The summed E-state index contributed by atoms with van der Waals surface area (Å²) in [5.74, 6) is 0.343. The summed E-state index contributed by atoms with van der Waals surface area (Å²) in [7, 11) is 1.38. The van der Waals surface area contributed by atoms with Crippen LogP contribution in [-0.2, 0) is 35.0 Å². The Morgan fingerprint density at radius 2 is 1.83 bits per heavy atom. The average molecular weight is 583 g/mol. The van der Waals surface area contributed by atoms with Crippen LogP contribution in [0, 0.1) is 11.8 Å². The predicted octanol–water partition coefficient (Wildman–Crippen LogP) is 5.14. The Kier molecular flexibility index (Phi) is 12.5. The number of nitrogens with zero attached hydrogens (tertiary/aromatic N) is 3. The van der Waals surface area contributed by atoms with Gasteiger partial charge < -0.3 is 18.9 Å². The molecule has 7 unspecified atom stereocenters. The average Bonchev–Trinajstić information content (AvgIpc) is 3.48. The molecule has 2 fully saturated rings. The van der Waals surface area contributed by atoms with Gasteiger partial charge in [-0.25, -0.2) is 4.79 Å². The number of ether oxygens (including phenoxy) is 4. The van der Waals surface area contributed by atoms with E-state index in [-0.39, 0.29) is 48.7 Å². The van der Waals surface area contributed by atoms with Crippen LogP contribution in [0.1, 0.15) is 83.9 Å². The van der Waals surface area contributed by atoms with Crippen molar-refractivity contribution in [2.75, 3.05) is 7.11 Å². The van der Waals surface area contributed by atoms with Crippen molar-refractivity contribution in [2.45, 2.75) is 115 Å². The van der Waals surface area contributed by atoms with Crippen LogP contribution in [0.3, 0.4) is 0 Å². The number of aromatic nitrogens is 4. The van der Waals surface area contributed by atoms with Gasteiger partial charge in [-0.3, -0.25) is 4.79 Å². The zero-order valence-corrected chi connectivity index (χ0v) is 25.2. The predicted molar refractivity (Wildman–Crippen MR) is 157 cm³/mol. The Labute approximate surface area is 249 Å². The zero-order chi connectivity index (χ0) is 29.7. The van der Waals surface area contributed by atoms with Gasteiger partial charge in [-0.2, -0.15) is 5.21 Å². The molecule has 10 nitrogen and oxygen atoms in total. The quantitative estimate of drug-likeness (QED) is 0.153. The fourth-order valence-electron chi connectivity index (χ4n) is 5.95. The maximum atomic E-state index is 13.2. The summed E-state index contributed by atoms with van der Waals surface area (Å²) in [6, 6.07) is 0. The molecule has 1 N–H and O–H groups in total. The molecule has 7 atom stereocenters. The van der Waals surface area contributed by atoms with Gasteiger partial charge in [0, 0.05) is 24.8 Å². The molecule has 4 heterocycles. The van der Waals surface area contributed by atoms with Crippen molar-refractivity contribution >= 4 is 11.9 Å². The Hall–Kier alpha value is -3.11. The number of hydrogen-bond donors (Lipinski definition) is 1. The number of fused-ring (bicyclic) bond motifs is 4. The number of allylic oxidation sites excluding steroid dienone is 4. The smallest absolute Gasteiger partial charge is 0.330 e. The number of unbranched alkanes of at least 4 members (excludes halogenated alkanes) is 1. The molecule has 3 aliphatic heterocycles. The van der Waals surface area contributed by atoms with E-state index in [0.717, 1.165) is 56.9 Å². The molecular weight excluding hydrogens is 536 g/mol. The van der Waals surface area contributed by atoms with Gasteiger partial charge in [0.2, 0.25) is 0 Å². The Morgan fingerprint density at radius 1 is 1.05 bits per heavy atom. The van der Waals surface area contributed by atoms with Gasteiger partial charge in [0.25, 0.3) is 0 Å². The minimum atomic E-state index is -0.419. The number of aromatic amines is 1. The topological polar surface area (TPSA) is 126 Å². The maximum Gasteiger partial charge on any atom is 0.330 e. The minimum absolute atomic E-state index is 0.0120. The van der Waals surface area contributed by atoms with Gasteiger partial charge in [0.1, 0.15) is 6.10 Å². The lowest BCUT2D eigenvalue weighted by Gasteiger charge is -2.37. The number of esters is 2. The lowest BCUT2D eigenvalue weighted by molar-refractivity contribution is -0.154. The SMILES string of the molecule is COC(=O)/C=C1\CC2CC(=O)OC(/C=C/C=C\CCCc3nn[nH]n3)C(C)/C=C/C(C)CC3CCCC(CC(C1)O2)O3. The molecule has 1 aromatic heterocycles. The molecule has 1 aromatic rings. The Morgan fingerprint density at radius 3 is 2.62 bits per heavy atom. The van der Waals surface area contributed by atoms with Crippen LogP contribution in [0.15, 0.2) is 48.1 Å². The summed E-state index contributed by atoms with van der Waals surface area (Å²) in [6.07, 6.45) is 22.0. The lowest BCUT2D eigenvalue weighted by atomic mass is 9.89. The molecule has 42 heavy (non-hydrogen) atoms. The van der Waals surface area contributed by atoms with Gasteiger partial charge in [-0.1, -0.05) is 55.0 Å². The van der Waals surface area contributed by atoms with Crippen molar-refractivity contribution in [3.63, 3.8) is 0 Å². The van der Waals surface area contributed by atoms with Crippen LogP contribution >= 0.6 is 0 Å². The van der Waals surface area contributed by atoms with E-state index in [1.807, 2.05) is 18.2 Å². The molecule has 0 spiro atoms. The summed E-state index contributed by atoms with van der Waals surface area (Å²) in [5.41, 5.74) is 0.940. The molecule has 4 bridgehead atoms. The number of H-pyrrole nitrogens is 1. The fraction of sp³-hybridized carbons (Fsp3) is 0.656. The van der Waals surface area contributed by atoms with E-state index < -0.39 is 6.10 Å². The third-order valence-corrected chi connectivity index (χ3v) is 8.12. The fourth-order valence-corrected chi connectivity index (χ4v) is 5.95. The van der Waals surface area contributed by atoms with Gasteiger partial charge in [0.15, 0.2) is 5.82 Å². The van der Waals surface area contributed by atoms with E-state index in [2.05, 4.69) is 52.7 Å². The minimum Gasteiger partial charge on any atom is -0.466 e. The van der Waals surface area contributed by atoms with Crippen molar-refractivity contribution in [1.82, 2.24) is 20.6 Å². The van der Waals surface area contributed by atoms with Crippen LogP contribution < -0.4 is 0 Å². The van der Waals surface area contributed by atoms with Crippen LogP contribution in [0.5, 0.6) is 0 Å². The number of nitrogens with one attached hydrogen (secondary N) is 1. The number of carbonyl (C=O) groups is 2. The summed E-state index contributed by atoms with van der Waals surface area (Å²) >= 11 is 0. The highest BCUT2D eigenvalue weighted by Gasteiger charge is 2.33. The van der Waals surface area contributed by atoms with E-state index in [1.165, 1.54) is 7.11 Å². The number of methoxy groups -OCH3 is 1. The first-order chi connectivity index (χ1) is 20.4. The molecule has 0 amide bonds. The van der Waals surface area contributed by atoms with Crippen molar-refractivity contribution in [3.8, 4) is 0 Å². The van der Waals surface area contributed by atoms with Gasteiger partial charge >= 0.3 is 11.9 Å². The van der Waals surface area contributed by atoms with Gasteiger partial charge in [-0.15, -0.1) is 10.2 Å². The summed E-state index contributed by atoms with van der Waals surface area (Å²) < 4.78 is 23.8.